The van der Waals surface area contributed by atoms with Gasteiger partial charge in [-0.15, -0.1) is 0 Å². The number of aliphatic hydroxyl groups is 1. The van der Waals surface area contributed by atoms with Crippen LogP contribution >= 0.6 is 0 Å². The van der Waals surface area contributed by atoms with Crippen molar-refractivity contribution in [1.82, 2.24) is 9.97 Å². The predicted octanol–water partition coefficient (Wildman–Crippen LogP) is 4.70. The van der Waals surface area contributed by atoms with Crippen LogP contribution in [0.15, 0.2) is 59.0 Å². The first kappa shape index (κ1) is 21.4. The second-order valence-electron chi connectivity index (χ2n) is 8.50. The fraction of sp³-hybridized carbons (Fsp3) is 0.308. The Bertz CT molecular complexity index is 1250. The van der Waals surface area contributed by atoms with E-state index in [1.54, 1.807) is 7.11 Å². The molecule has 170 valence electrons. The summed E-state index contributed by atoms with van der Waals surface area (Å²) >= 11 is 0. The van der Waals surface area contributed by atoms with Gasteiger partial charge in [0.1, 0.15) is 11.1 Å². The van der Waals surface area contributed by atoms with Crippen molar-refractivity contribution in [1.29, 1.82) is 0 Å². The standard InChI is InChI=1S/C26H28N4O3/c1-32-23-21-20(17-7-3-2-4-8-17)22(33-24(21)30-25(29-23)28-15-6-16-31)18-9-11-19(12-10-18)26(27)13-5-14-26/h2-4,7-12,31H,5-6,13-16,27H2,1H3,(H,28,29,30). The summed E-state index contributed by atoms with van der Waals surface area (Å²) < 4.78 is 12.0. The molecule has 0 spiro atoms. The van der Waals surface area contributed by atoms with E-state index in [1.807, 2.05) is 30.3 Å². The maximum atomic E-state index is 9.07. The third kappa shape index (κ3) is 3.94. The molecule has 0 radical (unpaired) electrons. The molecule has 1 fully saturated rings. The Kier molecular flexibility index (Phi) is 5.74. The van der Waals surface area contributed by atoms with Gasteiger partial charge in [-0.2, -0.15) is 9.97 Å². The van der Waals surface area contributed by atoms with Gasteiger partial charge in [-0.1, -0.05) is 54.6 Å². The van der Waals surface area contributed by atoms with E-state index < -0.39 is 0 Å². The second kappa shape index (κ2) is 8.84. The minimum atomic E-state index is -0.210. The van der Waals surface area contributed by atoms with E-state index in [0.29, 0.717) is 36.3 Å². The molecule has 0 bridgehead atoms. The number of hydrogen-bond donors (Lipinski definition) is 3. The van der Waals surface area contributed by atoms with E-state index in [1.165, 1.54) is 6.42 Å². The molecule has 4 N–H and O–H groups in total. The Labute approximate surface area is 192 Å². The van der Waals surface area contributed by atoms with Crippen LogP contribution in [0.5, 0.6) is 5.88 Å². The Hall–Kier alpha value is -3.42. The zero-order valence-corrected chi connectivity index (χ0v) is 18.7. The first-order valence-electron chi connectivity index (χ1n) is 11.3. The molecule has 0 saturated heterocycles. The molecule has 33 heavy (non-hydrogen) atoms. The highest BCUT2D eigenvalue weighted by molar-refractivity contribution is 6.03. The molecular weight excluding hydrogens is 416 g/mol. The van der Waals surface area contributed by atoms with Gasteiger partial charge in [0.25, 0.3) is 0 Å². The zero-order valence-electron chi connectivity index (χ0n) is 18.7. The molecule has 1 saturated carbocycles. The number of methoxy groups -OCH3 is 1. The van der Waals surface area contributed by atoms with E-state index in [9.17, 15) is 0 Å². The van der Waals surface area contributed by atoms with Crippen LogP contribution in [0.4, 0.5) is 5.95 Å². The number of rotatable bonds is 8. The summed E-state index contributed by atoms with van der Waals surface area (Å²) in [6.45, 7) is 0.641. The Balaban J connectivity index is 1.65. The van der Waals surface area contributed by atoms with Gasteiger partial charge in [0.2, 0.25) is 17.5 Å². The van der Waals surface area contributed by atoms with E-state index >= 15 is 0 Å². The van der Waals surface area contributed by atoms with Crippen molar-refractivity contribution in [2.24, 2.45) is 5.73 Å². The second-order valence-corrected chi connectivity index (χ2v) is 8.50. The number of aromatic nitrogens is 2. The third-order valence-corrected chi connectivity index (χ3v) is 6.36. The molecule has 4 aromatic rings. The van der Waals surface area contributed by atoms with Gasteiger partial charge in [-0.05, 0) is 36.8 Å². The predicted molar refractivity (Wildman–Crippen MR) is 129 cm³/mol. The van der Waals surface area contributed by atoms with Crippen LogP contribution in [-0.2, 0) is 5.54 Å². The summed E-state index contributed by atoms with van der Waals surface area (Å²) in [7, 11) is 1.59. The van der Waals surface area contributed by atoms with Crippen molar-refractivity contribution in [3.05, 3.63) is 60.2 Å². The molecule has 0 unspecified atom stereocenters. The Morgan fingerprint density at radius 1 is 1.06 bits per heavy atom. The number of nitrogens with one attached hydrogen (secondary N) is 1. The van der Waals surface area contributed by atoms with Crippen LogP contribution in [0.25, 0.3) is 33.6 Å². The summed E-state index contributed by atoms with van der Waals surface area (Å²) in [4.78, 5) is 9.14. The Morgan fingerprint density at radius 2 is 1.82 bits per heavy atom. The van der Waals surface area contributed by atoms with Gasteiger partial charge < -0.3 is 25.3 Å². The van der Waals surface area contributed by atoms with Crippen molar-refractivity contribution in [3.8, 4) is 28.3 Å². The van der Waals surface area contributed by atoms with Crippen LogP contribution < -0.4 is 15.8 Å². The lowest BCUT2D eigenvalue weighted by Crippen LogP contribution is -2.43. The van der Waals surface area contributed by atoms with Crippen LogP contribution in [0.2, 0.25) is 0 Å². The third-order valence-electron chi connectivity index (χ3n) is 6.36. The average molecular weight is 445 g/mol. The number of anilines is 1. The van der Waals surface area contributed by atoms with Gasteiger partial charge in [-0.25, -0.2) is 0 Å². The minimum absolute atomic E-state index is 0.0928. The van der Waals surface area contributed by atoms with Gasteiger partial charge >= 0.3 is 0 Å². The monoisotopic (exact) mass is 444 g/mol. The van der Waals surface area contributed by atoms with Crippen LogP contribution in [0, 0.1) is 0 Å². The van der Waals surface area contributed by atoms with Crippen molar-refractivity contribution >= 4 is 17.0 Å². The van der Waals surface area contributed by atoms with E-state index in [0.717, 1.165) is 40.5 Å². The molecule has 5 rings (SSSR count). The van der Waals surface area contributed by atoms with Gasteiger partial charge in [0, 0.05) is 29.8 Å². The lowest BCUT2D eigenvalue weighted by molar-refractivity contribution is 0.253. The molecular formula is C26H28N4O3. The molecule has 1 aliphatic rings. The van der Waals surface area contributed by atoms with Crippen molar-refractivity contribution in [2.45, 2.75) is 31.2 Å². The fourth-order valence-corrected chi connectivity index (χ4v) is 4.36. The summed E-state index contributed by atoms with van der Waals surface area (Å²) in [5, 5.41) is 12.9. The number of furan rings is 1. The molecule has 2 aromatic carbocycles. The largest absolute Gasteiger partial charge is 0.480 e. The van der Waals surface area contributed by atoms with Crippen molar-refractivity contribution in [2.75, 3.05) is 25.6 Å². The Morgan fingerprint density at radius 3 is 2.45 bits per heavy atom. The number of ether oxygens (including phenoxy) is 1. The minimum Gasteiger partial charge on any atom is -0.480 e. The smallest absolute Gasteiger partial charge is 0.236 e. The molecule has 0 aliphatic heterocycles. The molecule has 0 amide bonds. The average Bonchev–Trinajstić information content (AvgIpc) is 3.22. The summed E-state index contributed by atoms with van der Waals surface area (Å²) in [5.74, 6) is 1.55. The van der Waals surface area contributed by atoms with Gasteiger partial charge in [-0.3, -0.25) is 0 Å². The summed E-state index contributed by atoms with van der Waals surface area (Å²) in [6, 6.07) is 18.4. The van der Waals surface area contributed by atoms with Crippen molar-refractivity contribution in [3.63, 3.8) is 0 Å². The van der Waals surface area contributed by atoms with Crippen molar-refractivity contribution < 1.29 is 14.3 Å². The number of nitrogens with two attached hydrogens (primary N) is 1. The molecule has 2 heterocycles. The number of aliphatic hydroxyl groups excluding tert-OH is 1. The quantitative estimate of drug-likeness (QED) is 0.338. The lowest BCUT2D eigenvalue weighted by Gasteiger charge is -2.38. The highest BCUT2D eigenvalue weighted by Gasteiger charge is 2.34. The topological polar surface area (TPSA) is 106 Å². The number of benzene rings is 2. The first-order chi connectivity index (χ1) is 16.1. The van der Waals surface area contributed by atoms with Gasteiger partial charge in [0.05, 0.1) is 7.11 Å². The fourth-order valence-electron chi connectivity index (χ4n) is 4.36. The number of fused-ring (bicyclic) bond motifs is 1. The maximum absolute atomic E-state index is 9.07. The first-order valence-corrected chi connectivity index (χ1v) is 11.3. The summed E-state index contributed by atoms with van der Waals surface area (Å²) in [6.07, 6.45) is 3.81. The highest BCUT2D eigenvalue weighted by atomic mass is 16.5. The normalized spacial score (nSPS) is 14.8. The molecule has 2 aromatic heterocycles. The van der Waals surface area contributed by atoms with Crippen LogP contribution in [-0.4, -0.2) is 35.3 Å². The molecule has 7 nitrogen and oxygen atoms in total. The lowest BCUT2D eigenvalue weighted by atomic mass is 9.72. The number of nitrogens with zero attached hydrogens (tertiary/aromatic N) is 2. The van der Waals surface area contributed by atoms with Crippen LogP contribution in [0.3, 0.4) is 0 Å². The number of hydrogen-bond acceptors (Lipinski definition) is 7. The van der Waals surface area contributed by atoms with E-state index in [4.69, 9.17) is 20.0 Å². The van der Waals surface area contributed by atoms with Gasteiger partial charge in [0.15, 0.2) is 0 Å². The highest BCUT2D eigenvalue weighted by Crippen LogP contribution is 2.45. The zero-order chi connectivity index (χ0) is 22.8. The van der Waals surface area contributed by atoms with E-state index in [2.05, 4.69) is 39.6 Å². The molecule has 7 heteroatoms. The SMILES string of the molecule is COc1nc(NCCCO)nc2oc(-c3ccc(C4(N)CCC4)cc3)c(-c3ccccc3)c12. The summed E-state index contributed by atoms with van der Waals surface area (Å²) in [5.41, 5.74) is 10.7. The molecule has 0 atom stereocenters. The van der Waals surface area contributed by atoms with E-state index in [-0.39, 0.29) is 12.1 Å². The van der Waals surface area contributed by atoms with Crippen LogP contribution in [0.1, 0.15) is 31.2 Å². The maximum Gasteiger partial charge on any atom is 0.236 e. The molecule has 1 aliphatic carbocycles.